The quantitative estimate of drug-likeness (QED) is 0.289. The number of amides is 2. The molecule has 6 nitrogen and oxygen atoms in total. The zero-order chi connectivity index (χ0) is 22.8. The van der Waals surface area contributed by atoms with Crippen molar-refractivity contribution in [2.24, 2.45) is 0 Å². The smallest absolute Gasteiger partial charge is 0.266 e. The first kappa shape index (κ1) is 23.7. The summed E-state index contributed by atoms with van der Waals surface area (Å²) in [7, 11) is 0. The molecule has 1 saturated heterocycles. The van der Waals surface area contributed by atoms with E-state index in [1.54, 1.807) is 6.08 Å². The van der Waals surface area contributed by atoms with Gasteiger partial charge in [-0.1, -0.05) is 46.0 Å². The van der Waals surface area contributed by atoms with Crippen LogP contribution in [0.2, 0.25) is 0 Å². The van der Waals surface area contributed by atoms with E-state index >= 15 is 0 Å². The lowest BCUT2D eigenvalue weighted by Gasteiger charge is -2.14. The van der Waals surface area contributed by atoms with Gasteiger partial charge in [-0.25, -0.2) is 0 Å². The van der Waals surface area contributed by atoms with E-state index in [4.69, 9.17) is 21.7 Å². The minimum atomic E-state index is -0.156. The summed E-state index contributed by atoms with van der Waals surface area (Å²) in [6, 6.07) is 9.22. The van der Waals surface area contributed by atoms with Crippen LogP contribution in [0, 0.1) is 0 Å². The summed E-state index contributed by atoms with van der Waals surface area (Å²) >= 11 is 16.9. The number of carbonyl (C=O) groups is 2. The number of thiocarbonyl (C=S) groups is 1. The van der Waals surface area contributed by atoms with Crippen molar-refractivity contribution in [3.8, 4) is 11.5 Å². The van der Waals surface area contributed by atoms with E-state index in [-0.39, 0.29) is 25.0 Å². The third kappa shape index (κ3) is 5.39. The number of hydrogen-bond donors (Lipinski definition) is 1. The summed E-state index contributed by atoms with van der Waals surface area (Å²) in [6.45, 7) is 0.573. The van der Waals surface area contributed by atoms with Crippen LogP contribution in [0.3, 0.4) is 0 Å². The highest BCUT2D eigenvalue weighted by Crippen LogP contribution is 2.37. The van der Waals surface area contributed by atoms with Crippen LogP contribution >= 0.6 is 71.8 Å². The Morgan fingerprint density at radius 1 is 1.16 bits per heavy atom. The molecular formula is C21H15Br3N2O4S2. The Labute approximate surface area is 219 Å². The molecule has 4 rings (SSSR count). The maximum atomic E-state index is 12.8. The van der Waals surface area contributed by atoms with Crippen LogP contribution in [-0.2, 0) is 9.59 Å². The van der Waals surface area contributed by atoms with Crippen LogP contribution in [0.25, 0.3) is 6.08 Å². The highest BCUT2D eigenvalue weighted by molar-refractivity contribution is 9.11. The predicted molar refractivity (Wildman–Crippen MR) is 140 cm³/mol. The largest absolute Gasteiger partial charge is 0.454 e. The van der Waals surface area contributed by atoms with Crippen molar-refractivity contribution in [1.82, 2.24) is 4.90 Å². The van der Waals surface area contributed by atoms with Crippen LogP contribution in [0.15, 0.2) is 48.7 Å². The van der Waals surface area contributed by atoms with Crippen LogP contribution in [0.5, 0.6) is 11.5 Å². The second kappa shape index (κ2) is 10.3. The van der Waals surface area contributed by atoms with E-state index in [1.807, 2.05) is 30.3 Å². The number of hydrogen-bond acceptors (Lipinski definition) is 6. The van der Waals surface area contributed by atoms with Crippen LogP contribution in [0.4, 0.5) is 5.69 Å². The van der Waals surface area contributed by atoms with Crippen molar-refractivity contribution in [1.29, 1.82) is 0 Å². The number of thioether (sulfide) groups is 1. The standard InChI is InChI=1S/C21H15Br3N2O4S2/c22-12-8-13(23)19(14(24)9-12)25-18(27)2-1-5-26-20(28)17(32-21(26)31)7-11-3-4-15-16(6-11)30-10-29-15/h3-4,6-9H,1-2,5,10H2,(H,25,27). The zero-order valence-corrected chi connectivity index (χ0v) is 22.7. The summed E-state index contributed by atoms with van der Waals surface area (Å²) in [6.07, 6.45) is 2.53. The van der Waals surface area contributed by atoms with Crippen molar-refractivity contribution in [2.75, 3.05) is 18.7 Å². The lowest BCUT2D eigenvalue weighted by atomic mass is 10.2. The monoisotopic (exact) mass is 660 g/mol. The number of rotatable bonds is 6. The molecule has 0 spiro atoms. The lowest BCUT2D eigenvalue weighted by molar-refractivity contribution is -0.122. The highest BCUT2D eigenvalue weighted by Gasteiger charge is 2.31. The fraction of sp³-hybridized carbons (Fsp3) is 0.190. The molecule has 32 heavy (non-hydrogen) atoms. The van der Waals surface area contributed by atoms with Crippen molar-refractivity contribution in [3.05, 3.63) is 54.2 Å². The van der Waals surface area contributed by atoms with Gasteiger partial charge in [-0.15, -0.1) is 0 Å². The van der Waals surface area contributed by atoms with Crippen molar-refractivity contribution in [2.45, 2.75) is 12.8 Å². The topological polar surface area (TPSA) is 67.9 Å². The summed E-state index contributed by atoms with van der Waals surface area (Å²) in [5.74, 6) is 1.05. The van der Waals surface area contributed by atoms with E-state index in [1.165, 1.54) is 16.7 Å². The minimum absolute atomic E-state index is 0.143. The molecule has 2 aromatic carbocycles. The Kier molecular flexibility index (Phi) is 7.61. The fourth-order valence-electron chi connectivity index (χ4n) is 3.11. The van der Waals surface area contributed by atoms with Gasteiger partial charge in [0.25, 0.3) is 5.91 Å². The predicted octanol–water partition coefficient (Wildman–Crippen LogP) is 6.32. The third-order valence-corrected chi connectivity index (χ3v) is 7.71. The molecule has 2 aromatic rings. The molecule has 0 aromatic heterocycles. The average Bonchev–Trinajstić information content (AvgIpc) is 3.30. The first-order chi connectivity index (χ1) is 15.3. The molecule has 2 aliphatic heterocycles. The van der Waals surface area contributed by atoms with Crippen LogP contribution in [0.1, 0.15) is 18.4 Å². The molecule has 1 fully saturated rings. The van der Waals surface area contributed by atoms with Gasteiger partial charge in [-0.3, -0.25) is 14.5 Å². The normalized spacial score (nSPS) is 16.2. The van der Waals surface area contributed by atoms with Gasteiger partial charge in [0.2, 0.25) is 12.7 Å². The number of anilines is 1. The zero-order valence-electron chi connectivity index (χ0n) is 16.3. The second-order valence-electron chi connectivity index (χ2n) is 6.84. The summed E-state index contributed by atoms with van der Waals surface area (Å²) in [4.78, 5) is 27.3. The molecule has 166 valence electrons. The van der Waals surface area contributed by atoms with E-state index in [2.05, 4.69) is 53.1 Å². The number of halogens is 3. The van der Waals surface area contributed by atoms with E-state index < -0.39 is 0 Å². The van der Waals surface area contributed by atoms with Gasteiger partial charge >= 0.3 is 0 Å². The van der Waals surface area contributed by atoms with Gasteiger partial charge in [-0.05, 0) is 74.2 Å². The summed E-state index contributed by atoms with van der Waals surface area (Å²) in [5.41, 5.74) is 1.50. The Hall–Kier alpha value is -1.40. The minimum Gasteiger partial charge on any atom is -0.454 e. The van der Waals surface area contributed by atoms with Crippen LogP contribution < -0.4 is 14.8 Å². The average molecular weight is 663 g/mol. The second-order valence-corrected chi connectivity index (χ2v) is 11.1. The fourth-order valence-corrected chi connectivity index (χ4v) is 6.87. The van der Waals surface area contributed by atoms with Gasteiger partial charge in [0.05, 0.1) is 10.6 Å². The van der Waals surface area contributed by atoms with Gasteiger partial charge in [0.1, 0.15) is 4.32 Å². The maximum absolute atomic E-state index is 12.8. The van der Waals surface area contributed by atoms with Gasteiger partial charge in [-0.2, -0.15) is 0 Å². The Bertz CT molecular complexity index is 1130. The number of carbonyl (C=O) groups excluding carboxylic acids is 2. The Balaban J connectivity index is 1.33. The highest BCUT2D eigenvalue weighted by atomic mass is 79.9. The number of nitrogens with one attached hydrogen (secondary N) is 1. The molecule has 0 atom stereocenters. The molecule has 0 radical (unpaired) electrons. The number of nitrogens with zero attached hydrogens (tertiary/aromatic N) is 1. The lowest BCUT2D eigenvalue weighted by Crippen LogP contribution is -2.29. The summed E-state index contributed by atoms with van der Waals surface area (Å²) in [5, 5.41) is 2.89. The maximum Gasteiger partial charge on any atom is 0.266 e. The molecule has 2 amide bonds. The van der Waals surface area contributed by atoms with Crippen molar-refractivity contribution in [3.63, 3.8) is 0 Å². The first-order valence-corrected chi connectivity index (χ1v) is 13.0. The van der Waals surface area contributed by atoms with E-state index in [0.717, 1.165) is 19.0 Å². The molecule has 0 bridgehead atoms. The summed E-state index contributed by atoms with van der Waals surface area (Å²) < 4.78 is 13.6. The molecule has 0 saturated carbocycles. The molecule has 1 N–H and O–H groups in total. The molecule has 2 aliphatic rings. The van der Waals surface area contributed by atoms with Gasteiger partial charge in [0, 0.05) is 26.4 Å². The number of benzene rings is 2. The SMILES string of the molecule is O=C(CCCN1C(=O)C(=Cc2ccc3c(c2)OCO3)SC1=S)Nc1c(Br)cc(Br)cc1Br. The van der Waals surface area contributed by atoms with E-state index in [0.29, 0.717) is 39.4 Å². The Morgan fingerprint density at radius 3 is 2.62 bits per heavy atom. The van der Waals surface area contributed by atoms with Crippen molar-refractivity contribution < 1.29 is 19.1 Å². The Morgan fingerprint density at radius 2 is 1.88 bits per heavy atom. The molecular weight excluding hydrogens is 648 g/mol. The number of ether oxygens (including phenoxy) is 2. The van der Waals surface area contributed by atoms with E-state index in [9.17, 15) is 9.59 Å². The third-order valence-electron chi connectivity index (χ3n) is 4.62. The van der Waals surface area contributed by atoms with Crippen molar-refractivity contribution >= 4 is 99.7 Å². The first-order valence-electron chi connectivity index (χ1n) is 9.41. The molecule has 11 heteroatoms. The van der Waals surface area contributed by atoms with Crippen LogP contribution in [-0.4, -0.2) is 34.4 Å². The van der Waals surface area contributed by atoms with Gasteiger partial charge < -0.3 is 14.8 Å². The number of fused-ring (bicyclic) bond motifs is 1. The molecule has 2 heterocycles. The molecule has 0 unspecified atom stereocenters. The molecule has 0 aliphatic carbocycles. The van der Waals surface area contributed by atoms with Gasteiger partial charge in [0.15, 0.2) is 11.5 Å².